The van der Waals surface area contributed by atoms with E-state index in [1.54, 1.807) is 17.4 Å². The van der Waals surface area contributed by atoms with E-state index in [4.69, 9.17) is 11.6 Å². The zero-order chi connectivity index (χ0) is 14.8. The number of amides is 1. The molecule has 1 aliphatic rings. The third-order valence-electron chi connectivity index (χ3n) is 3.72. The highest BCUT2D eigenvalue weighted by molar-refractivity contribution is 7.20. The van der Waals surface area contributed by atoms with Crippen molar-refractivity contribution in [3.63, 3.8) is 0 Å². The van der Waals surface area contributed by atoms with Gasteiger partial charge in [-0.25, -0.2) is 0 Å². The molecule has 4 heteroatoms. The first kappa shape index (κ1) is 14.4. The molecule has 0 bridgehead atoms. The quantitative estimate of drug-likeness (QED) is 0.578. The van der Waals surface area contributed by atoms with Crippen molar-refractivity contribution in [2.45, 2.75) is 12.8 Å². The van der Waals surface area contributed by atoms with Crippen molar-refractivity contribution in [3.8, 4) is 0 Å². The Labute approximate surface area is 133 Å². The summed E-state index contributed by atoms with van der Waals surface area (Å²) in [4.78, 5) is 15.0. The Balaban J connectivity index is 1.76. The van der Waals surface area contributed by atoms with Crippen molar-refractivity contribution >= 4 is 45.0 Å². The van der Waals surface area contributed by atoms with E-state index in [-0.39, 0.29) is 5.91 Å². The predicted octanol–water partition coefficient (Wildman–Crippen LogP) is 4.75. The molecule has 0 spiro atoms. The molecule has 2 nitrogen and oxygen atoms in total. The van der Waals surface area contributed by atoms with Gasteiger partial charge < -0.3 is 4.90 Å². The molecule has 1 aromatic carbocycles. The lowest BCUT2D eigenvalue weighted by Gasteiger charge is -2.26. The highest BCUT2D eigenvalue weighted by atomic mass is 35.5. The zero-order valence-corrected chi connectivity index (χ0v) is 13.2. The summed E-state index contributed by atoms with van der Waals surface area (Å²) in [6.07, 6.45) is 5.27. The molecule has 0 aliphatic carbocycles. The molecule has 0 atom stereocenters. The molecule has 0 radical (unpaired) electrons. The maximum Gasteiger partial charge on any atom is 0.246 e. The van der Waals surface area contributed by atoms with Gasteiger partial charge in [-0.3, -0.25) is 4.79 Å². The molecule has 108 valence electrons. The minimum atomic E-state index is 0.0519. The number of fused-ring (bicyclic) bond motifs is 1. The average Bonchev–Trinajstić information content (AvgIpc) is 2.82. The molecule has 1 saturated heterocycles. The molecule has 0 N–H and O–H groups in total. The molecule has 1 aromatic heterocycles. The summed E-state index contributed by atoms with van der Waals surface area (Å²) in [5, 5.41) is 1.78. The number of piperidine rings is 1. The summed E-state index contributed by atoms with van der Waals surface area (Å²) in [6, 6.07) is 8.01. The van der Waals surface area contributed by atoms with Crippen LogP contribution in [0.15, 0.2) is 42.5 Å². The standard InChI is InChI=1S/C17H16ClNOS/c1-12-8-10-19(11-9-12)16(20)7-6-15-17(18)13-4-2-3-5-14(13)21-15/h2-7H,1,8-11H2/b7-6+. The Hall–Kier alpha value is -1.58. The second kappa shape index (κ2) is 6.04. The first-order valence-electron chi connectivity index (χ1n) is 6.96. The molecule has 2 aromatic rings. The highest BCUT2D eigenvalue weighted by Crippen LogP contribution is 2.35. The Morgan fingerprint density at radius 2 is 2.00 bits per heavy atom. The first-order chi connectivity index (χ1) is 10.1. The van der Waals surface area contributed by atoms with E-state index in [1.165, 1.54) is 5.57 Å². The monoisotopic (exact) mass is 317 g/mol. The molecule has 1 fully saturated rings. The Morgan fingerprint density at radius 1 is 1.29 bits per heavy atom. The fourth-order valence-corrected chi connectivity index (χ4v) is 3.83. The smallest absolute Gasteiger partial charge is 0.246 e. The number of carbonyl (C=O) groups excluding carboxylic acids is 1. The van der Waals surface area contributed by atoms with Crippen LogP contribution >= 0.6 is 22.9 Å². The third kappa shape index (κ3) is 3.04. The number of hydrogen-bond acceptors (Lipinski definition) is 2. The van der Waals surface area contributed by atoms with Crippen LogP contribution in [-0.2, 0) is 4.79 Å². The van der Waals surface area contributed by atoms with E-state index < -0.39 is 0 Å². The first-order valence-corrected chi connectivity index (χ1v) is 8.15. The van der Waals surface area contributed by atoms with E-state index in [0.717, 1.165) is 45.9 Å². The lowest BCUT2D eigenvalue weighted by molar-refractivity contribution is -0.126. The van der Waals surface area contributed by atoms with Gasteiger partial charge in [-0.1, -0.05) is 42.0 Å². The molecule has 3 rings (SSSR count). The van der Waals surface area contributed by atoms with Gasteiger partial charge in [-0.05, 0) is 25.0 Å². The summed E-state index contributed by atoms with van der Waals surface area (Å²) in [7, 11) is 0. The molecule has 0 unspecified atom stereocenters. The van der Waals surface area contributed by atoms with Gasteiger partial charge in [0.05, 0.1) is 5.02 Å². The maximum atomic E-state index is 12.2. The van der Waals surface area contributed by atoms with Crippen molar-refractivity contribution in [3.05, 3.63) is 52.4 Å². The fourth-order valence-electron chi connectivity index (χ4n) is 2.44. The van der Waals surface area contributed by atoms with Gasteiger partial charge in [0.15, 0.2) is 0 Å². The number of likely N-dealkylation sites (tertiary alicyclic amines) is 1. The number of rotatable bonds is 2. The van der Waals surface area contributed by atoms with E-state index >= 15 is 0 Å². The summed E-state index contributed by atoms with van der Waals surface area (Å²) in [5.74, 6) is 0.0519. The molecule has 0 saturated carbocycles. The normalized spacial score (nSPS) is 16.0. The van der Waals surface area contributed by atoms with Crippen LogP contribution in [0.2, 0.25) is 5.02 Å². The molecule has 1 aliphatic heterocycles. The fraction of sp³-hybridized carbons (Fsp3) is 0.235. The van der Waals surface area contributed by atoms with Gasteiger partial charge in [0, 0.05) is 34.1 Å². The van der Waals surface area contributed by atoms with Crippen LogP contribution < -0.4 is 0 Å². The van der Waals surface area contributed by atoms with Gasteiger partial charge in [0.2, 0.25) is 5.91 Å². The molecule has 21 heavy (non-hydrogen) atoms. The van der Waals surface area contributed by atoms with Crippen molar-refractivity contribution in [1.82, 2.24) is 4.90 Å². The highest BCUT2D eigenvalue weighted by Gasteiger charge is 2.16. The molecule has 1 amide bonds. The van der Waals surface area contributed by atoms with Crippen molar-refractivity contribution in [2.24, 2.45) is 0 Å². The zero-order valence-electron chi connectivity index (χ0n) is 11.6. The van der Waals surface area contributed by atoms with E-state index in [0.29, 0.717) is 0 Å². The van der Waals surface area contributed by atoms with Crippen LogP contribution in [-0.4, -0.2) is 23.9 Å². The predicted molar refractivity (Wildman–Crippen MR) is 90.8 cm³/mol. The minimum absolute atomic E-state index is 0.0519. The number of nitrogens with zero attached hydrogens (tertiary/aromatic N) is 1. The van der Waals surface area contributed by atoms with Crippen LogP contribution in [0.25, 0.3) is 16.2 Å². The van der Waals surface area contributed by atoms with E-state index in [1.807, 2.05) is 35.2 Å². The van der Waals surface area contributed by atoms with Gasteiger partial charge in [0.1, 0.15) is 0 Å². The summed E-state index contributed by atoms with van der Waals surface area (Å²) >= 11 is 7.98. The third-order valence-corrected chi connectivity index (χ3v) is 5.37. The summed E-state index contributed by atoms with van der Waals surface area (Å²) in [6.45, 7) is 5.50. The average molecular weight is 318 g/mol. The lowest BCUT2D eigenvalue weighted by atomic mass is 10.1. The number of thiophene rings is 1. The van der Waals surface area contributed by atoms with E-state index in [2.05, 4.69) is 6.58 Å². The molecule has 2 heterocycles. The van der Waals surface area contributed by atoms with Crippen LogP contribution in [0.3, 0.4) is 0 Å². The number of carbonyl (C=O) groups is 1. The number of halogens is 1. The number of hydrogen-bond donors (Lipinski definition) is 0. The minimum Gasteiger partial charge on any atom is -0.339 e. The molecular weight excluding hydrogens is 302 g/mol. The molecular formula is C17H16ClNOS. The van der Waals surface area contributed by atoms with Crippen molar-refractivity contribution in [1.29, 1.82) is 0 Å². The van der Waals surface area contributed by atoms with Crippen LogP contribution in [0.5, 0.6) is 0 Å². The van der Waals surface area contributed by atoms with Crippen LogP contribution in [0.1, 0.15) is 17.7 Å². The Kier molecular flexibility index (Phi) is 4.13. The lowest BCUT2D eigenvalue weighted by Crippen LogP contribution is -2.34. The SMILES string of the molecule is C=C1CCN(C(=O)/C=C/c2sc3ccccc3c2Cl)CC1. The van der Waals surface area contributed by atoms with Gasteiger partial charge in [-0.2, -0.15) is 0 Å². The Bertz CT molecular complexity index is 721. The second-order valence-corrected chi connectivity index (χ2v) is 6.65. The van der Waals surface area contributed by atoms with Crippen LogP contribution in [0, 0.1) is 0 Å². The topological polar surface area (TPSA) is 20.3 Å². The van der Waals surface area contributed by atoms with Crippen molar-refractivity contribution in [2.75, 3.05) is 13.1 Å². The second-order valence-electron chi connectivity index (χ2n) is 5.19. The summed E-state index contributed by atoms with van der Waals surface area (Å²) in [5.41, 5.74) is 1.23. The number of benzene rings is 1. The van der Waals surface area contributed by atoms with Gasteiger partial charge >= 0.3 is 0 Å². The largest absolute Gasteiger partial charge is 0.339 e. The van der Waals surface area contributed by atoms with Gasteiger partial charge in [-0.15, -0.1) is 11.3 Å². The van der Waals surface area contributed by atoms with E-state index in [9.17, 15) is 4.79 Å². The maximum absolute atomic E-state index is 12.2. The van der Waals surface area contributed by atoms with Crippen molar-refractivity contribution < 1.29 is 4.79 Å². The van der Waals surface area contributed by atoms with Crippen LogP contribution in [0.4, 0.5) is 0 Å². The summed E-state index contributed by atoms with van der Waals surface area (Å²) < 4.78 is 1.14. The Morgan fingerprint density at radius 3 is 2.71 bits per heavy atom. The van der Waals surface area contributed by atoms with Gasteiger partial charge in [0.25, 0.3) is 0 Å².